The van der Waals surface area contributed by atoms with Crippen LogP contribution in [0.1, 0.15) is 26.7 Å². The Balaban J connectivity index is 2.40. The molecule has 0 spiro atoms. The maximum absolute atomic E-state index is 11.5. The number of para-hydroxylation sites is 2. The molecule has 100 valence electrons. The lowest BCUT2D eigenvalue weighted by Gasteiger charge is -2.12. The van der Waals surface area contributed by atoms with E-state index >= 15 is 0 Å². The molecule has 4 heteroatoms. The van der Waals surface area contributed by atoms with Gasteiger partial charge >= 0.3 is 0 Å². The highest BCUT2D eigenvalue weighted by atomic mass is 16.5. The molecule has 18 heavy (non-hydrogen) atoms. The fraction of sp³-hybridized carbons (Fsp3) is 0.500. The van der Waals surface area contributed by atoms with Crippen molar-refractivity contribution in [1.82, 2.24) is 5.32 Å². The van der Waals surface area contributed by atoms with E-state index in [9.17, 15) is 4.79 Å². The van der Waals surface area contributed by atoms with Crippen LogP contribution in [-0.2, 0) is 4.79 Å². The Morgan fingerprint density at radius 2 is 2.06 bits per heavy atom. The van der Waals surface area contributed by atoms with Crippen molar-refractivity contribution in [3.63, 3.8) is 0 Å². The molecule has 0 saturated heterocycles. The van der Waals surface area contributed by atoms with Crippen molar-refractivity contribution < 1.29 is 9.53 Å². The summed E-state index contributed by atoms with van der Waals surface area (Å²) >= 11 is 0. The second kappa shape index (κ2) is 8.39. The number of nitrogens with one attached hydrogen (secondary N) is 2. The largest absolute Gasteiger partial charge is 0.492 e. The summed E-state index contributed by atoms with van der Waals surface area (Å²) in [4.78, 5) is 11.5. The smallest absolute Gasteiger partial charge is 0.239 e. The van der Waals surface area contributed by atoms with Gasteiger partial charge in [-0.15, -0.1) is 0 Å². The number of carbonyl (C=O) groups excluding carboxylic acids is 1. The molecule has 1 aromatic rings. The van der Waals surface area contributed by atoms with Gasteiger partial charge in [0.2, 0.25) is 5.91 Å². The Labute approximate surface area is 109 Å². The predicted molar refractivity (Wildman–Crippen MR) is 74.0 cm³/mol. The van der Waals surface area contributed by atoms with Crippen LogP contribution in [0.15, 0.2) is 24.3 Å². The number of unbranched alkanes of at least 4 members (excludes halogenated alkanes) is 1. The third-order valence-corrected chi connectivity index (χ3v) is 2.48. The van der Waals surface area contributed by atoms with E-state index in [0.717, 1.165) is 30.8 Å². The average Bonchev–Trinajstić information content (AvgIpc) is 2.38. The highest BCUT2D eigenvalue weighted by Crippen LogP contribution is 2.23. The van der Waals surface area contributed by atoms with Crippen molar-refractivity contribution in [2.75, 3.05) is 25.0 Å². The zero-order valence-corrected chi connectivity index (χ0v) is 11.2. The molecule has 0 bridgehead atoms. The summed E-state index contributed by atoms with van der Waals surface area (Å²) in [5.74, 6) is 0.788. The Kier molecular flexibility index (Phi) is 6.69. The van der Waals surface area contributed by atoms with Crippen molar-refractivity contribution in [3.05, 3.63) is 24.3 Å². The zero-order chi connectivity index (χ0) is 13.2. The minimum absolute atomic E-state index is 0.00903. The van der Waals surface area contributed by atoms with Gasteiger partial charge in [0, 0.05) is 6.54 Å². The molecule has 0 saturated carbocycles. The molecule has 0 aromatic heterocycles. The van der Waals surface area contributed by atoms with Gasteiger partial charge in [0.05, 0.1) is 18.8 Å². The fourth-order valence-electron chi connectivity index (χ4n) is 1.54. The van der Waals surface area contributed by atoms with Crippen LogP contribution in [0.25, 0.3) is 0 Å². The predicted octanol–water partition coefficient (Wildman–Crippen LogP) is 2.41. The molecule has 0 aliphatic heterocycles. The highest BCUT2D eigenvalue weighted by molar-refractivity contribution is 5.81. The standard InChI is InChI=1S/C14H22N2O2/c1-3-5-10-15-14(17)11-16-12-8-6-7-9-13(12)18-4-2/h6-9,16H,3-5,10-11H2,1-2H3,(H,15,17). The first-order valence-electron chi connectivity index (χ1n) is 6.50. The maximum Gasteiger partial charge on any atom is 0.239 e. The first-order valence-corrected chi connectivity index (χ1v) is 6.50. The van der Waals surface area contributed by atoms with Crippen LogP contribution in [-0.4, -0.2) is 25.6 Å². The minimum atomic E-state index is 0.00903. The Morgan fingerprint density at radius 1 is 1.28 bits per heavy atom. The number of ether oxygens (including phenoxy) is 1. The summed E-state index contributed by atoms with van der Waals surface area (Å²) in [5.41, 5.74) is 0.852. The highest BCUT2D eigenvalue weighted by Gasteiger charge is 2.04. The molecule has 0 unspecified atom stereocenters. The third kappa shape index (κ3) is 5.08. The van der Waals surface area contributed by atoms with E-state index in [1.807, 2.05) is 31.2 Å². The van der Waals surface area contributed by atoms with E-state index in [1.165, 1.54) is 0 Å². The fourth-order valence-corrected chi connectivity index (χ4v) is 1.54. The number of rotatable bonds is 8. The molecule has 4 nitrogen and oxygen atoms in total. The van der Waals surface area contributed by atoms with Crippen LogP contribution < -0.4 is 15.4 Å². The summed E-state index contributed by atoms with van der Waals surface area (Å²) in [5, 5.41) is 5.95. The van der Waals surface area contributed by atoms with Gasteiger partial charge in [-0.2, -0.15) is 0 Å². The van der Waals surface area contributed by atoms with Gasteiger partial charge in [-0.3, -0.25) is 4.79 Å². The van der Waals surface area contributed by atoms with Gasteiger partial charge in [0.15, 0.2) is 0 Å². The summed E-state index contributed by atoms with van der Waals surface area (Å²) in [7, 11) is 0. The van der Waals surface area contributed by atoms with E-state index in [2.05, 4.69) is 17.6 Å². The minimum Gasteiger partial charge on any atom is -0.492 e. The van der Waals surface area contributed by atoms with Gasteiger partial charge in [-0.05, 0) is 25.5 Å². The maximum atomic E-state index is 11.5. The number of benzene rings is 1. The average molecular weight is 250 g/mol. The van der Waals surface area contributed by atoms with Gasteiger partial charge < -0.3 is 15.4 Å². The van der Waals surface area contributed by atoms with Crippen LogP contribution in [0.3, 0.4) is 0 Å². The van der Waals surface area contributed by atoms with E-state index in [4.69, 9.17) is 4.74 Å². The molecule has 1 aromatic carbocycles. The monoisotopic (exact) mass is 250 g/mol. The van der Waals surface area contributed by atoms with Crippen LogP contribution >= 0.6 is 0 Å². The van der Waals surface area contributed by atoms with Gasteiger partial charge in [0.1, 0.15) is 5.75 Å². The number of hydrogen-bond donors (Lipinski definition) is 2. The first kappa shape index (κ1) is 14.4. The van der Waals surface area contributed by atoms with Crippen molar-refractivity contribution in [2.24, 2.45) is 0 Å². The van der Waals surface area contributed by atoms with Gasteiger partial charge in [-0.25, -0.2) is 0 Å². The van der Waals surface area contributed by atoms with Gasteiger partial charge in [0.25, 0.3) is 0 Å². The van der Waals surface area contributed by atoms with Crippen molar-refractivity contribution in [1.29, 1.82) is 0 Å². The third-order valence-electron chi connectivity index (χ3n) is 2.48. The quantitative estimate of drug-likeness (QED) is 0.697. The molecule has 1 amide bonds. The molecular weight excluding hydrogens is 228 g/mol. The lowest BCUT2D eigenvalue weighted by atomic mass is 10.3. The SMILES string of the molecule is CCCCNC(=O)CNc1ccccc1OCC. The van der Waals surface area contributed by atoms with Crippen molar-refractivity contribution in [2.45, 2.75) is 26.7 Å². The lowest BCUT2D eigenvalue weighted by molar-refractivity contribution is -0.119. The molecular formula is C14H22N2O2. The van der Waals surface area contributed by atoms with E-state index < -0.39 is 0 Å². The normalized spacial score (nSPS) is 9.89. The second-order valence-electron chi connectivity index (χ2n) is 3.99. The van der Waals surface area contributed by atoms with E-state index in [0.29, 0.717) is 6.61 Å². The Hall–Kier alpha value is -1.71. The second-order valence-corrected chi connectivity index (χ2v) is 3.99. The first-order chi connectivity index (χ1) is 8.77. The number of hydrogen-bond acceptors (Lipinski definition) is 3. The number of anilines is 1. The van der Waals surface area contributed by atoms with Gasteiger partial charge in [-0.1, -0.05) is 25.5 Å². The molecule has 0 aliphatic carbocycles. The van der Waals surface area contributed by atoms with Crippen molar-refractivity contribution in [3.8, 4) is 5.75 Å². The molecule has 0 radical (unpaired) electrons. The topological polar surface area (TPSA) is 50.4 Å². The molecule has 0 atom stereocenters. The lowest BCUT2D eigenvalue weighted by Crippen LogP contribution is -2.30. The summed E-state index contributed by atoms with van der Waals surface area (Å²) < 4.78 is 5.47. The van der Waals surface area contributed by atoms with Crippen LogP contribution in [0, 0.1) is 0 Å². The molecule has 2 N–H and O–H groups in total. The summed E-state index contributed by atoms with van der Waals surface area (Å²) in [6.45, 7) is 5.66. The summed E-state index contributed by atoms with van der Waals surface area (Å²) in [6, 6.07) is 7.63. The molecule has 0 heterocycles. The number of carbonyl (C=O) groups is 1. The molecule has 1 rings (SSSR count). The van der Waals surface area contributed by atoms with E-state index in [1.54, 1.807) is 0 Å². The zero-order valence-electron chi connectivity index (χ0n) is 11.2. The molecule has 0 fully saturated rings. The van der Waals surface area contributed by atoms with E-state index in [-0.39, 0.29) is 12.5 Å². The summed E-state index contributed by atoms with van der Waals surface area (Å²) in [6.07, 6.45) is 2.10. The van der Waals surface area contributed by atoms with Crippen LogP contribution in [0.4, 0.5) is 5.69 Å². The number of amides is 1. The van der Waals surface area contributed by atoms with Crippen LogP contribution in [0.5, 0.6) is 5.75 Å². The Morgan fingerprint density at radius 3 is 2.78 bits per heavy atom. The molecule has 0 aliphatic rings. The van der Waals surface area contributed by atoms with Crippen molar-refractivity contribution >= 4 is 11.6 Å². The Bertz CT molecular complexity index is 367. The van der Waals surface area contributed by atoms with Crippen LogP contribution in [0.2, 0.25) is 0 Å².